The largest absolute Gasteiger partial charge is 0.480 e. The number of anilines is 1. The van der Waals surface area contributed by atoms with Crippen molar-refractivity contribution in [1.29, 1.82) is 0 Å². The Morgan fingerprint density at radius 3 is 2.57 bits per heavy atom. The molecule has 2 rings (SSSR count). The van der Waals surface area contributed by atoms with E-state index in [4.69, 9.17) is 0 Å². The van der Waals surface area contributed by atoms with Crippen LogP contribution in [0.2, 0.25) is 0 Å². The fourth-order valence-corrected chi connectivity index (χ4v) is 2.28. The smallest absolute Gasteiger partial charge is 0.326 e. The molecular formula is C17H21N3O3. The van der Waals surface area contributed by atoms with E-state index in [0.717, 1.165) is 5.56 Å². The van der Waals surface area contributed by atoms with Gasteiger partial charge in [0.05, 0.1) is 18.4 Å². The molecule has 1 heterocycles. The average molecular weight is 315 g/mol. The lowest BCUT2D eigenvalue weighted by Crippen LogP contribution is -2.32. The monoisotopic (exact) mass is 315 g/mol. The number of carbonyl (C=O) groups is 1. The maximum absolute atomic E-state index is 12.1. The zero-order chi connectivity index (χ0) is 16.8. The Morgan fingerprint density at radius 2 is 2.00 bits per heavy atom. The van der Waals surface area contributed by atoms with Crippen molar-refractivity contribution in [1.82, 2.24) is 9.78 Å². The van der Waals surface area contributed by atoms with E-state index in [1.165, 1.54) is 16.9 Å². The van der Waals surface area contributed by atoms with Crippen LogP contribution in [0.15, 0.2) is 47.4 Å². The highest BCUT2D eigenvalue weighted by Crippen LogP contribution is 2.11. The van der Waals surface area contributed by atoms with Crippen molar-refractivity contribution in [3.05, 3.63) is 58.5 Å². The van der Waals surface area contributed by atoms with E-state index >= 15 is 0 Å². The lowest BCUT2D eigenvalue weighted by molar-refractivity contribution is -0.138. The summed E-state index contributed by atoms with van der Waals surface area (Å²) in [6.07, 6.45) is 1.96. The normalized spacial score (nSPS) is 12.1. The zero-order valence-electron chi connectivity index (χ0n) is 13.3. The highest BCUT2D eigenvalue weighted by molar-refractivity contribution is 5.77. The number of benzene rings is 1. The van der Waals surface area contributed by atoms with Gasteiger partial charge in [-0.25, -0.2) is 9.48 Å². The first-order valence-corrected chi connectivity index (χ1v) is 7.56. The first-order valence-electron chi connectivity index (χ1n) is 7.56. The molecule has 0 spiro atoms. The van der Waals surface area contributed by atoms with E-state index in [-0.39, 0.29) is 11.5 Å². The topological polar surface area (TPSA) is 84.2 Å². The van der Waals surface area contributed by atoms with Gasteiger partial charge in [0.2, 0.25) is 0 Å². The molecule has 0 saturated carbocycles. The molecule has 1 unspecified atom stereocenters. The first-order chi connectivity index (χ1) is 11.0. The SMILES string of the molecule is CC(C)CC(Nc1cnn(Cc2ccccc2)c(=O)c1)C(=O)O. The summed E-state index contributed by atoms with van der Waals surface area (Å²) in [6, 6.07) is 10.2. The predicted molar refractivity (Wildman–Crippen MR) is 88.5 cm³/mol. The van der Waals surface area contributed by atoms with Crippen molar-refractivity contribution in [3.8, 4) is 0 Å². The Morgan fingerprint density at radius 1 is 1.30 bits per heavy atom. The lowest BCUT2D eigenvalue weighted by Gasteiger charge is -2.17. The van der Waals surface area contributed by atoms with Crippen LogP contribution in [0.25, 0.3) is 0 Å². The van der Waals surface area contributed by atoms with Crippen LogP contribution in [0.1, 0.15) is 25.8 Å². The Bertz CT molecular complexity index is 711. The second kappa shape index (κ2) is 7.58. The molecule has 0 radical (unpaired) electrons. The first kappa shape index (κ1) is 16.7. The molecule has 1 aromatic heterocycles. The van der Waals surface area contributed by atoms with Gasteiger partial charge >= 0.3 is 5.97 Å². The van der Waals surface area contributed by atoms with Crippen LogP contribution in [0.5, 0.6) is 0 Å². The van der Waals surface area contributed by atoms with Gasteiger partial charge < -0.3 is 10.4 Å². The van der Waals surface area contributed by atoms with E-state index in [0.29, 0.717) is 18.7 Å². The molecule has 0 saturated heterocycles. The Labute approximate surface area is 134 Å². The molecule has 0 fully saturated rings. The molecule has 23 heavy (non-hydrogen) atoms. The van der Waals surface area contributed by atoms with Crippen LogP contribution in [0.4, 0.5) is 5.69 Å². The summed E-state index contributed by atoms with van der Waals surface area (Å²) in [5.41, 5.74) is 1.13. The quantitative estimate of drug-likeness (QED) is 0.818. The van der Waals surface area contributed by atoms with Crippen molar-refractivity contribution < 1.29 is 9.90 Å². The van der Waals surface area contributed by atoms with E-state index in [1.807, 2.05) is 44.2 Å². The summed E-state index contributed by atoms with van der Waals surface area (Å²) in [4.78, 5) is 23.4. The summed E-state index contributed by atoms with van der Waals surface area (Å²) < 4.78 is 1.35. The number of hydrogen-bond donors (Lipinski definition) is 2. The highest BCUT2D eigenvalue weighted by Gasteiger charge is 2.19. The second-order valence-corrected chi connectivity index (χ2v) is 5.89. The second-order valence-electron chi connectivity index (χ2n) is 5.89. The van der Waals surface area contributed by atoms with Crippen molar-refractivity contribution >= 4 is 11.7 Å². The standard InChI is InChI=1S/C17H21N3O3/c1-12(2)8-15(17(22)23)19-14-9-16(21)20(18-10-14)11-13-6-4-3-5-7-13/h3-7,9-10,12,15,19H,8,11H2,1-2H3,(H,22,23). The number of hydrogen-bond acceptors (Lipinski definition) is 4. The van der Waals surface area contributed by atoms with Gasteiger partial charge in [-0.1, -0.05) is 44.2 Å². The molecule has 0 aliphatic heterocycles. The fraction of sp³-hybridized carbons (Fsp3) is 0.353. The number of aromatic nitrogens is 2. The highest BCUT2D eigenvalue weighted by atomic mass is 16.4. The van der Waals surface area contributed by atoms with Gasteiger partial charge in [0.1, 0.15) is 6.04 Å². The lowest BCUT2D eigenvalue weighted by atomic mass is 10.0. The number of carboxylic acids is 1. The molecule has 0 aliphatic carbocycles. The van der Waals surface area contributed by atoms with Gasteiger partial charge in [-0.05, 0) is 17.9 Å². The third-order valence-corrected chi connectivity index (χ3v) is 3.39. The van der Waals surface area contributed by atoms with Crippen LogP contribution in [0, 0.1) is 5.92 Å². The van der Waals surface area contributed by atoms with E-state index in [9.17, 15) is 14.7 Å². The molecule has 1 aromatic carbocycles. The van der Waals surface area contributed by atoms with Crippen LogP contribution in [-0.2, 0) is 11.3 Å². The molecule has 2 N–H and O–H groups in total. The summed E-state index contributed by atoms with van der Waals surface area (Å²) in [5.74, 6) is -0.706. The Kier molecular flexibility index (Phi) is 5.51. The van der Waals surface area contributed by atoms with E-state index in [2.05, 4.69) is 10.4 Å². The molecule has 0 amide bonds. The van der Waals surface area contributed by atoms with Gasteiger partial charge in [0.25, 0.3) is 5.56 Å². The minimum Gasteiger partial charge on any atom is -0.480 e. The summed E-state index contributed by atoms with van der Waals surface area (Å²) in [5, 5.41) is 16.2. The molecule has 0 bridgehead atoms. The van der Waals surface area contributed by atoms with Gasteiger partial charge in [-0.3, -0.25) is 4.79 Å². The van der Waals surface area contributed by atoms with Gasteiger partial charge in [0, 0.05) is 6.07 Å². The molecule has 6 nitrogen and oxygen atoms in total. The van der Waals surface area contributed by atoms with Gasteiger partial charge in [-0.15, -0.1) is 0 Å². The number of aliphatic carboxylic acids is 1. The molecule has 1 atom stereocenters. The number of carboxylic acid groups (broad SMARTS) is 1. The maximum Gasteiger partial charge on any atom is 0.326 e. The molecule has 6 heteroatoms. The maximum atomic E-state index is 12.1. The van der Waals surface area contributed by atoms with Crippen molar-refractivity contribution in [2.24, 2.45) is 5.92 Å². The molecule has 0 aliphatic rings. The third-order valence-electron chi connectivity index (χ3n) is 3.39. The summed E-state index contributed by atoms with van der Waals surface area (Å²) >= 11 is 0. The number of rotatable bonds is 7. The third kappa shape index (κ3) is 4.95. The van der Waals surface area contributed by atoms with Gasteiger partial charge in [0.15, 0.2) is 0 Å². The van der Waals surface area contributed by atoms with E-state index < -0.39 is 12.0 Å². The number of nitrogens with one attached hydrogen (secondary N) is 1. The van der Waals surface area contributed by atoms with Crippen LogP contribution >= 0.6 is 0 Å². The zero-order valence-corrected chi connectivity index (χ0v) is 13.3. The van der Waals surface area contributed by atoms with Crippen molar-refractivity contribution in [2.45, 2.75) is 32.9 Å². The van der Waals surface area contributed by atoms with Gasteiger partial charge in [-0.2, -0.15) is 5.10 Å². The summed E-state index contributed by atoms with van der Waals surface area (Å²) in [7, 11) is 0. The van der Waals surface area contributed by atoms with Crippen molar-refractivity contribution in [2.75, 3.05) is 5.32 Å². The predicted octanol–water partition coefficient (Wildman–Crippen LogP) is 2.20. The Hall–Kier alpha value is -2.63. The minimum atomic E-state index is -0.938. The summed E-state index contributed by atoms with van der Waals surface area (Å²) in [6.45, 7) is 4.29. The van der Waals surface area contributed by atoms with Crippen LogP contribution in [0.3, 0.4) is 0 Å². The Balaban J connectivity index is 2.12. The molecule has 2 aromatic rings. The fourth-order valence-electron chi connectivity index (χ4n) is 2.28. The van der Waals surface area contributed by atoms with E-state index in [1.54, 1.807) is 0 Å². The van der Waals surface area contributed by atoms with Crippen LogP contribution in [-0.4, -0.2) is 26.9 Å². The minimum absolute atomic E-state index is 0.231. The average Bonchev–Trinajstić information content (AvgIpc) is 2.50. The number of nitrogens with zero attached hydrogens (tertiary/aromatic N) is 2. The molecule has 122 valence electrons. The van der Waals surface area contributed by atoms with Crippen molar-refractivity contribution in [3.63, 3.8) is 0 Å². The molecular weight excluding hydrogens is 294 g/mol. The van der Waals surface area contributed by atoms with Crippen LogP contribution < -0.4 is 10.9 Å².